The Morgan fingerprint density at radius 1 is 1.35 bits per heavy atom. The van der Waals surface area contributed by atoms with E-state index in [1.807, 2.05) is 23.1 Å². The largest absolute Gasteiger partial charge is 0.497 e. The number of nitrogens with zero attached hydrogens (tertiary/aromatic N) is 1. The second kappa shape index (κ2) is 6.46. The number of halogens is 1. The van der Waals surface area contributed by atoms with Gasteiger partial charge in [0, 0.05) is 18.7 Å². The van der Waals surface area contributed by atoms with Crippen LogP contribution in [0.4, 0.5) is 0 Å². The zero-order valence-corrected chi connectivity index (χ0v) is 12.5. The summed E-state index contributed by atoms with van der Waals surface area (Å²) in [4.78, 5) is 14.3. The van der Waals surface area contributed by atoms with Crippen molar-refractivity contribution in [2.45, 2.75) is 19.4 Å². The first-order valence-electron chi connectivity index (χ1n) is 6.95. The van der Waals surface area contributed by atoms with E-state index in [-0.39, 0.29) is 18.3 Å². The van der Waals surface area contributed by atoms with Gasteiger partial charge in [0.1, 0.15) is 5.75 Å². The molecule has 110 valence electrons. The summed E-state index contributed by atoms with van der Waals surface area (Å²) in [5.74, 6) is 1.65. The van der Waals surface area contributed by atoms with Gasteiger partial charge in [-0.05, 0) is 55.6 Å². The highest BCUT2D eigenvalue weighted by molar-refractivity contribution is 5.98. The van der Waals surface area contributed by atoms with E-state index in [9.17, 15) is 4.79 Å². The average molecular weight is 297 g/mol. The van der Waals surface area contributed by atoms with Gasteiger partial charge in [0.2, 0.25) is 0 Å². The van der Waals surface area contributed by atoms with Crippen LogP contribution in [0.1, 0.15) is 28.8 Å². The first-order chi connectivity index (χ1) is 9.28. The van der Waals surface area contributed by atoms with Gasteiger partial charge in [-0.1, -0.05) is 0 Å². The number of nitrogens with one attached hydrogen (secondary N) is 1. The molecule has 3 rings (SSSR count). The maximum atomic E-state index is 12.3. The third-order valence-corrected chi connectivity index (χ3v) is 4.13. The molecule has 0 bridgehead atoms. The zero-order valence-electron chi connectivity index (χ0n) is 11.7. The van der Waals surface area contributed by atoms with Gasteiger partial charge in [-0.3, -0.25) is 4.79 Å². The maximum absolute atomic E-state index is 12.3. The highest BCUT2D eigenvalue weighted by atomic mass is 35.5. The summed E-state index contributed by atoms with van der Waals surface area (Å²) in [6, 6.07) is 5.74. The number of ether oxygens (including phenoxy) is 1. The number of carbonyl (C=O) groups excluding carboxylic acids is 1. The predicted octanol–water partition coefficient (Wildman–Crippen LogP) is 2.07. The van der Waals surface area contributed by atoms with E-state index in [4.69, 9.17) is 4.74 Å². The zero-order chi connectivity index (χ0) is 13.2. The van der Waals surface area contributed by atoms with Crippen LogP contribution in [0.15, 0.2) is 18.2 Å². The van der Waals surface area contributed by atoms with E-state index in [0.29, 0.717) is 5.92 Å². The molecule has 0 unspecified atom stereocenters. The number of hydrogen-bond acceptors (Lipinski definition) is 3. The average Bonchev–Trinajstić information content (AvgIpc) is 2.76. The van der Waals surface area contributed by atoms with Crippen LogP contribution in [-0.4, -0.2) is 37.6 Å². The summed E-state index contributed by atoms with van der Waals surface area (Å²) in [5, 5.41) is 3.36. The Morgan fingerprint density at radius 3 is 2.80 bits per heavy atom. The molecule has 1 aromatic carbocycles. The van der Waals surface area contributed by atoms with Gasteiger partial charge < -0.3 is 15.0 Å². The molecular weight excluding hydrogens is 276 g/mol. The molecule has 0 saturated carbocycles. The SMILES string of the molecule is COc1ccc2c(c1)CN(CC1CCNCC1)C2=O.Cl. The number of amides is 1. The number of methoxy groups -OCH3 is 1. The topological polar surface area (TPSA) is 41.6 Å². The quantitative estimate of drug-likeness (QED) is 0.928. The lowest BCUT2D eigenvalue weighted by Crippen LogP contribution is -2.36. The molecule has 1 amide bonds. The first kappa shape index (κ1) is 15.1. The summed E-state index contributed by atoms with van der Waals surface area (Å²) in [6.45, 7) is 3.77. The first-order valence-corrected chi connectivity index (χ1v) is 6.95. The number of hydrogen-bond donors (Lipinski definition) is 1. The van der Waals surface area contributed by atoms with Crippen molar-refractivity contribution >= 4 is 18.3 Å². The predicted molar refractivity (Wildman–Crippen MR) is 80.6 cm³/mol. The van der Waals surface area contributed by atoms with Gasteiger partial charge in [-0.2, -0.15) is 0 Å². The molecule has 2 heterocycles. The van der Waals surface area contributed by atoms with Crippen molar-refractivity contribution in [3.05, 3.63) is 29.3 Å². The molecule has 1 aromatic rings. The molecule has 1 saturated heterocycles. The molecule has 2 aliphatic heterocycles. The maximum Gasteiger partial charge on any atom is 0.254 e. The minimum absolute atomic E-state index is 0. The third-order valence-electron chi connectivity index (χ3n) is 4.13. The monoisotopic (exact) mass is 296 g/mol. The number of benzene rings is 1. The van der Waals surface area contributed by atoms with Gasteiger partial charge in [0.25, 0.3) is 5.91 Å². The second-order valence-corrected chi connectivity index (χ2v) is 5.40. The molecule has 5 heteroatoms. The van der Waals surface area contributed by atoms with Gasteiger partial charge in [-0.15, -0.1) is 12.4 Å². The summed E-state index contributed by atoms with van der Waals surface area (Å²) < 4.78 is 5.22. The molecule has 2 aliphatic rings. The standard InChI is InChI=1S/C15H20N2O2.ClH/c1-19-13-2-3-14-12(8-13)10-17(15(14)18)9-11-4-6-16-7-5-11;/h2-3,8,11,16H,4-7,9-10H2,1H3;1H. The fourth-order valence-electron chi connectivity index (χ4n) is 3.01. The minimum atomic E-state index is 0. The van der Waals surface area contributed by atoms with Crippen LogP contribution >= 0.6 is 12.4 Å². The van der Waals surface area contributed by atoms with E-state index in [1.165, 1.54) is 12.8 Å². The molecular formula is C15H21ClN2O2. The van der Waals surface area contributed by atoms with E-state index in [1.54, 1.807) is 7.11 Å². The van der Waals surface area contributed by atoms with E-state index >= 15 is 0 Å². The Hall–Kier alpha value is -1.26. The molecule has 20 heavy (non-hydrogen) atoms. The number of carbonyl (C=O) groups is 1. The summed E-state index contributed by atoms with van der Waals surface area (Å²) >= 11 is 0. The van der Waals surface area contributed by atoms with Gasteiger partial charge in [-0.25, -0.2) is 0 Å². The molecule has 1 N–H and O–H groups in total. The van der Waals surface area contributed by atoms with E-state index in [0.717, 1.165) is 43.1 Å². The lowest BCUT2D eigenvalue weighted by molar-refractivity contribution is 0.0740. The highest BCUT2D eigenvalue weighted by Crippen LogP contribution is 2.28. The van der Waals surface area contributed by atoms with Crippen molar-refractivity contribution in [2.24, 2.45) is 5.92 Å². The van der Waals surface area contributed by atoms with Crippen LogP contribution in [-0.2, 0) is 6.54 Å². The van der Waals surface area contributed by atoms with E-state index < -0.39 is 0 Å². The Labute approximate surface area is 125 Å². The fourth-order valence-corrected chi connectivity index (χ4v) is 3.01. The normalized spacial score (nSPS) is 18.6. The van der Waals surface area contributed by atoms with Crippen molar-refractivity contribution in [1.82, 2.24) is 10.2 Å². The Balaban J connectivity index is 0.00000147. The summed E-state index contributed by atoms with van der Waals surface area (Å²) in [6.07, 6.45) is 2.34. The number of piperidine rings is 1. The van der Waals surface area contributed by atoms with Crippen LogP contribution in [0.3, 0.4) is 0 Å². The van der Waals surface area contributed by atoms with Crippen molar-refractivity contribution in [2.75, 3.05) is 26.7 Å². The van der Waals surface area contributed by atoms with Crippen LogP contribution in [0.5, 0.6) is 5.75 Å². The smallest absolute Gasteiger partial charge is 0.254 e. The molecule has 0 radical (unpaired) electrons. The third kappa shape index (κ3) is 2.91. The van der Waals surface area contributed by atoms with Crippen molar-refractivity contribution in [3.63, 3.8) is 0 Å². The number of fused-ring (bicyclic) bond motifs is 1. The molecule has 0 aliphatic carbocycles. The Kier molecular flexibility index (Phi) is 4.89. The molecule has 0 aromatic heterocycles. The lowest BCUT2D eigenvalue weighted by Gasteiger charge is -2.27. The molecule has 0 spiro atoms. The van der Waals surface area contributed by atoms with Gasteiger partial charge >= 0.3 is 0 Å². The van der Waals surface area contributed by atoms with Crippen molar-refractivity contribution in [1.29, 1.82) is 0 Å². The summed E-state index contributed by atoms with van der Waals surface area (Å²) in [5.41, 5.74) is 1.94. The fraction of sp³-hybridized carbons (Fsp3) is 0.533. The molecule has 1 fully saturated rings. The minimum Gasteiger partial charge on any atom is -0.497 e. The van der Waals surface area contributed by atoms with Gasteiger partial charge in [0.05, 0.1) is 7.11 Å². The summed E-state index contributed by atoms with van der Waals surface area (Å²) in [7, 11) is 1.66. The molecule has 0 atom stereocenters. The van der Waals surface area contributed by atoms with Crippen molar-refractivity contribution < 1.29 is 9.53 Å². The lowest BCUT2D eigenvalue weighted by atomic mass is 9.98. The Morgan fingerprint density at radius 2 is 2.10 bits per heavy atom. The number of rotatable bonds is 3. The van der Waals surface area contributed by atoms with Crippen LogP contribution in [0.2, 0.25) is 0 Å². The molecule has 4 nitrogen and oxygen atoms in total. The van der Waals surface area contributed by atoms with E-state index in [2.05, 4.69) is 5.32 Å². The Bertz CT molecular complexity index is 487. The van der Waals surface area contributed by atoms with Crippen LogP contribution < -0.4 is 10.1 Å². The highest BCUT2D eigenvalue weighted by Gasteiger charge is 2.29. The van der Waals surface area contributed by atoms with Crippen LogP contribution in [0.25, 0.3) is 0 Å². The van der Waals surface area contributed by atoms with Gasteiger partial charge in [0.15, 0.2) is 0 Å². The second-order valence-electron chi connectivity index (χ2n) is 5.40. The van der Waals surface area contributed by atoms with Crippen molar-refractivity contribution in [3.8, 4) is 5.75 Å². The van der Waals surface area contributed by atoms with Crippen LogP contribution in [0, 0.1) is 5.92 Å².